The second-order valence-electron chi connectivity index (χ2n) is 1.76. The van der Waals surface area contributed by atoms with Crippen LogP contribution < -0.4 is 0 Å². The number of rotatable bonds is 1. The molecule has 0 bridgehead atoms. The van der Waals surface area contributed by atoms with E-state index in [1.54, 1.807) is 18.7 Å². The van der Waals surface area contributed by atoms with Gasteiger partial charge in [-0.05, 0) is 19.1 Å². The van der Waals surface area contributed by atoms with Gasteiger partial charge in [0, 0.05) is 0 Å². The number of carbonyl (C=O) groups excluding carboxylic acids is 1. The van der Waals surface area contributed by atoms with E-state index in [9.17, 15) is 4.79 Å². The fourth-order valence-corrected chi connectivity index (χ4v) is 1.26. The first-order valence-electron chi connectivity index (χ1n) is 2.43. The molecule has 0 aromatic heterocycles. The summed E-state index contributed by atoms with van der Waals surface area (Å²) >= 11 is 1.76. The Morgan fingerprint density at radius 1 is 1.86 bits per heavy atom. The summed E-state index contributed by atoms with van der Waals surface area (Å²) < 4.78 is 0. The Labute approximate surface area is 47.5 Å². The van der Waals surface area contributed by atoms with E-state index in [1.165, 1.54) is 5.75 Å². The molecule has 0 aromatic carbocycles. The summed E-state index contributed by atoms with van der Waals surface area (Å²) in [5, 5.41) is 0.361. The van der Waals surface area contributed by atoms with E-state index >= 15 is 0 Å². The molecule has 2 heteroatoms. The maximum atomic E-state index is 10.4. The largest absolute Gasteiger partial charge is 0.299 e. The number of Topliss-reactive ketones (excluding diaryl/α,β-unsaturated/α-hetero) is 1. The van der Waals surface area contributed by atoms with Gasteiger partial charge in [-0.25, -0.2) is 0 Å². The minimum absolute atomic E-state index is 0.344. The highest BCUT2D eigenvalue weighted by Crippen LogP contribution is 2.27. The van der Waals surface area contributed by atoms with Crippen LogP contribution in [0.1, 0.15) is 13.3 Å². The first-order valence-corrected chi connectivity index (χ1v) is 3.47. The monoisotopic (exact) mass is 116 g/mol. The van der Waals surface area contributed by atoms with Gasteiger partial charge in [-0.2, -0.15) is 11.8 Å². The van der Waals surface area contributed by atoms with Gasteiger partial charge in [-0.15, -0.1) is 0 Å². The number of carbonyl (C=O) groups is 1. The Balaban J connectivity index is 2.27. The molecule has 1 atom stereocenters. The van der Waals surface area contributed by atoms with Crippen molar-refractivity contribution in [3.05, 3.63) is 0 Å². The second kappa shape index (κ2) is 1.86. The molecule has 1 heterocycles. The molecule has 1 nitrogen and oxygen atoms in total. The summed E-state index contributed by atoms with van der Waals surface area (Å²) in [5.41, 5.74) is 0. The minimum atomic E-state index is 0.344. The molecule has 1 saturated heterocycles. The Morgan fingerprint density at radius 2 is 2.43 bits per heavy atom. The van der Waals surface area contributed by atoms with E-state index in [1.807, 2.05) is 0 Å². The molecule has 0 spiro atoms. The van der Waals surface area contributed by atoms with Crippen molar-refractivity contribution in [1.82, 2.24) is 0 Å². The summed E-state index contributed by atoms with van der Waals surface area (Å²) in [5.74, 6) is 1.53. The molecular formula is C5H8OS. The zero-order valence-corrected chi connectivity index (χ0v) is 5.12. The van der Waals surface area contributed by atoms with E-state index in [2.05, 4.69) is 0 Å². The van der Waals surface area contributed by atoms with Crippen LogP contribution in [0.2, 0.25) is 0 Å². The quantitative estimate of drug-likeness (QED) is 0.510. The highest BCUT2D eigenvalue weighted by atomic mass is 32.2. The average molecular weight is 116 g/mol. The number of thioether (sulfide) groups is 1. The van der Waals surface area contributed by atoms with Crippen LogP contribution in [0, 0.1) is 0 Å². The molecule has 0 N–H and O–H groups in total. The normalized spacial score (nSPS) is 29.0. The first-order chi connectivity index (χ1) is 3.30. The van der Waals surface area contributed by atoms with Gasteiger partial charge in [0.25, 0.3) is 0 Å². The molecule has 0 amide bonds. The average Bonchev–Trinajstić information content (AvgIpc) is 1.23. The third-order valence-electron chi connectivity index (χ3n) is 1.15. The van der Waals surface area contributed by atoms with Crippen molar-refractivity contribution in [2.45, 2.75) is 18.6 Å². The maximum absolute atomic E-state index is 10.4. The Hall–Kier alpha value is 0.0200. The van der Waals surface area contributed by atoms with Crippen LogP contribution in [0.3, 0.4) is 0 Å². The lowest BCUT2D eigenvalue weighted by atomic mass is 10.2. The van der Waals surface area contributed by atoms with Crippen molar-refractivity contribution in [3.63, 3.8) is 0 Å². The van der Waals surface area contributed by atoms with Gasteiger partial charge in [-0.3, -0.25) is 4.79 Å². The highest BCUT2D eigenvalue weighted by molar-refractivity contribution is 8.01. The third-order valence-corrected chi connectivity index (χ3v) is 2.59. The molecule has 1 fully saturated rings. The van der Waals surface area contributed by atoms with Gasteiger partial charge in [-0.1, -0.05) is 0 Å². The minimum Gasteiger partial charge on any atom is -0.299 e. The van der Waals surface area contributed by atoms with E-state index in [0.29, 0.717) is 11.0 Å². The smallest absolute Gasteiger partial charge is 0.142 e. The van der Waals surface area contributed by atoms with E-state index in [-0.39, 0.29) is 0 Å². The summed E-state index contributed by atoms with van der Waals surface area (Å²) in [7, 11) is 0. The van der Waals surface area contributed by atoms with E-state index in [4.69, 9.17) is 0 Å². The number of hydrogen-bond acceptors (Lipinski definition) is 2. The van der Waals surface area contributed by atoms with Crippen LogP contribution in [0.4, 0.5) is 0 Å². The molecule has 7 heavy (non-hydrogen) atoms. The molecular weight excluding hydrogens is 108 g/mol. The van der Waals surface area contributed by atoms with Crippen LogP contribution in [0.25, 0.3) is 0 Å². The predicted molar refractivity (Wildman–Crippen MR) is 31.5 cm³/mol. The summed E-state index contributed by atoms with van der Waals surface area (Å²) in [6.45, 7) is 1.66. The van der Waals surface area contributed by atoms with Crippen molar-refractivity contribution < 1.29 is 4.79 Å². The van der Waals surface area contributed by atoms with Crippen LogP contribution in [-0.2, 0) is 4.79 Å². The molecule has 0 saturated carbocycles. The van der Waals surface area contributed by atoms with Gasteiger partial charge in [0.15, 0.2) is 0 Å². The number of ketones is 1. The van der Waals surface area contributed by atoms with Gasteiger partial charge >= 0.3 is 0 Å². The topological polar surface area (TPSA) is 17.1 Å². The molecule has 40 valence electrons. The van der Waals surface area contributed by atoms with Crippen LogP contribution >= 0.6 is 11.8 Å². The molecule has 0 aromatic rings. The summed E-state index contributed by atoms with van der Waals surface area (Å²) in [4.78, 5) is 10.4. The fraction of sp³-hybridized carbons (Fsp3) is 0.800. The molecule has 0 radical (unpaired) electrons. The molecule has 0 aliphatic carbocycles. The van der Waals surface area contributed by atoms with Crippen LogP contribution in [0.5, 0.6) is 0 Å². The van der Waals surface area contributed by atoms with Crippen molar-refractivity contribution in [2.24, 2.45) is 0 Å². The zero-order chi connectivity index (χ0) is 5.28. The highest BCUT2D eigenvalue weighted by Gasteiger charge is 2.21. The predicted octanol–water partition coefficient (Wildman–Crippen LogP) is 1.08. The van der Waals surface area contributed by atoms with Gasteiger partial charge < -0.3 is 0 Å². The lowest BCUT2D eigenvalue weighted by molar-refractivity contribution is -0.116. The first kappa shape index (κ1) is 5.16. The lowest BCUT2D eigenvalue weighted by Gasteiger charge is -2.20. The van der Waals surface area contributed by atoms with E-state index < -0.39 is 0 Å². The van der Waals surface area contributed by atoms with Gasteiger partial charge in [0.05, 0.1) is 5.25 Å². The van der Waals surface area contributed by atoms with Crippen LogP contribution in [0.15, 0.2) is 0 Å². The van der Waals surface area contributed by atoms with Crippen molar-refractivity contribution >= 4 is 17.5 Å². The number of hydrogen-bond donors (Lipinski definition) is 0. The lowest BCUT2D eigenvalue weighted by Crippen LogP contribution is -2.22. The van der Waals surface area contributed by atoms with Crippen molar-refractivity contribution in [3.8, 4) is 0 Å². The molecule has 0 unspecified atom stereocenters. The second-order valence-corrected chi connectivity index (χ2v) is 3.07. The van der Waals surface area contributed by atoms with Gasteiger partial charge in [0.1, 0.15) is 5.78 Å². The Kier molecular flexibility index (Phi) is 1.38. The van der Waals surface area contributed by atoms with Gasteiger partial charge in [0.2, 0.25) is 0 Å². The zero-order valence-electron chi connectivity index (χ0n) is 4.31. The summed E-state index contributed by atoms with van der Waals surface area (Å²) in [6.07, 6.45) is 1.11. The van der Waals surface area contributed by atoms with E-state index in [0.717, 1.165) is 6.42 Å². The summed E-state index contributed by atoms with van der Waals surface area (Å²) in [6, 6.07) is 0. The molecule has 1 aliphatic heterocycles. The third kappa shape index (κ3) is 0.969. The molecule has 1 rings (SSSR count). The van der Waals surface area contributed by atoms with Crippen molar-refractivity contribution in [2.75, 3.05) is 5.75 Å². The van der Waals surface area contributed by atoms with Crippen molar-refractivity contribution in [1.29, 1.82) is 0 Å². The standard InChI is InChI=1S/C5H8OS/c1-4(6)5-2-3-7-5/h5H,2-3H2,1H3/t5-/m1/s1. The molecule has 1 aliphatic rings. The Bertz CT molecular complexity index is 86.1. The van der Waals surface area contributed by atoms with Crippen LogP contribution in [-0.4, -0.2) is 16.8 Å². The SMILES string of the molecule is CC(=O)[C@H]1CCS1. The Morgan fingerprint density at radius 3 is 2.43 bits per heavy atom. The fourth-order valence-electron chi connectivity index (χ4n) is 0.556. The maximum Gasteiger partial charge on any atom is 0.142 e.